The molecule has 0 aromatic carbocycles. The van der Waals surface area contributed by atoms with E-state index in [4.69, 9.17) is 4.74 Å². The largest absolute Gasteiger partial charge is 0.464 e. The van der Waals surface area contributed by atoms with Crippen LogP contribution in [-0.2, 0) is 14.3 Å². The molecular formula is C7H12O3S. The third-order valence-corrected chi connectivity index (χ3v) is 2.60. The van der Waals surface area contributed by atoms with Crippen LogP contribution in [0.1, 0.15) is 0 Å². The van der Waals surface area contributed by atoms with Gasteiger partial charge in [-0.2, -0.15) is 11.8 Å². The normalized spacial score (nSPS) is 22.6. The maximum Gasteiger partial charge on any atom is 0.313 e. The average Bonchev–Trinajstić information content (AvgIpc) is 2.02. The van der Waals surface area contributed by atoms with Crippen molar-refractivity contribution in [2.75, 3.05) is 31.8 Å². The Balaban J connectivity index is 1.91. The number of carbonyl (C=O) groups excluding carboxylic acids is 1. The second kappa shape index (κ2) is 4.62. The molecule has 0 spiro atoms. The fourth-order valence-electron chi connectivity index (χ4n) is 0.753. The molecule has 1 rings (SSSR count). The molecule has 3 nitrogen and oxygen atoms in total. The molecule has 4 heteroatoms. The highest BCUT2D eigenvalue weighted by atomic mass is 32.2. The van der Waals surface area contributed by atoms with E-state index in [1.165, 1.54) is 0 Å². The van der Waals surface area contributed by atoms with Gasteiger partial charge < -0.3 is 9.47 Å². The van der Waals surface area contributed by atoms with E-state index in [0.717, 1.165) is 18.1 Å². The van der Waals surface area contributed by atoms with Gasteiger partial charge in [-0.25, -0.2) is 0 Å². The van der Waals surface area contributed by atoms with E-state index in [0.29, 0.717) is 6.61 Å². The summed E-state index contributed by atoms with van der Waals surface area (Å²) in [6.45, 7) is 1.37. The zero-order valence-electron chi connectivity index (χ0n) is 6.54. The van der Waals surface area contributed by atoms with Gasteiger partial charge in [-0.05, 0) is 0 Å². The lowest BCUT2D eigenvalue weighted by Gasteiger charge is -2.23. The molecule has 0 aliphatic carbocycles. The number of thioether (sulfide) groups is 1. The molecule has 1 saturated heterocycles. The van der Waals surface area contributed by atoms with E-state index in [2.05, 4.69) is 4.74 Å². The summed E-state index contributed by atoms with van der Waals surface area (Å²) >= 11 is 1.74. The Labute approximate surface area is 70.4 Å². The summed E-state index contributed by atoms with van der Waals surface area (Å²) in [5, 5.41) is 0. The molecule has 1 unspecified atom stereocenters. The molecular weight excluding hydrogens is 164 g/mol. The van der Waals surface area contributed by atoms with Gasteiger partial charge in [0, 0.05) is 18.6 Å². The molecule has 1 aliphatic rings. The topological polar surface area (TPSA) is 35.5 Å². The Morgan fingerprint density at radius 3 is 3.09 bits per heavy atom. The number of ether oxygens (including phenoxy) is 2. The highest BCUT2D eigenvalue weighted by molar-refractivity contribution is 7.99. The first kappa shape index (κ1) is 8.87. The molecule has 0 N–H and O–H groups in total. The third-order valence-electron chi connectivity index (χ3n) is 1.51. The molecule has 0 aromatic rings. The van der Waals surface area contributed by atoms with Crippen molar-refractivity contribution < 1.29 is 14.3 Å². The van der Waals surface area contributed by atoms with E-state index in [-0.39, 0.29) is 11.9 Å². The Morgan fingerprint density at radius 2 is 2.64 bits per heavy atom. The number of methoxy groups -OCH3 is 1. The first-order valence-corrected chi connectivity index (χ1v) is 4.73. The van der Waals surface area contributed by atoms with Crippen LogP contribution in [0.2, 0.25) is 0 Å². The maximum absolute atomic E-state index is 10.6. The van der Waals surface area contributed by atoms with Crippen LogP contribution < -0.4 is 0 Å². The minimum Gasteiger partial charge on any atom is -0.464 e. The van der Waals surface area contributed by atoms with Crippen molar-refractivity contribution in [3.05, 3.63) is 0 Å². The lowest BCUT2D eigenvalue weighted by molar-refractivity contribution is -0.166. The second-order valence-corrected chi connectivity index (χ2v) is 3.54. The SMILES string of the molecule is COCCSCC1COC1=O. The van der Waals surface area contributed by atoms with Crippen molar-refractivity contribution in [2.24, 2.45) is 5.92 Å². The fourth-order valence-corrected chi connectivity index (χ4v) is 1.72. The van der Waals surface area contributed by atoms with Crippen molar-refractivity contribution in [2.45, 2.75) is 0 Å². The maximum atomic E-state index is 10.6. The van der Waals surface area contributed by atoms with Gasteiger partial charge in [0.05, 0.1) is 12.5 Å². The number of hydrogen-bond acceptors (Lipinski definition) is 4. The van der Waals surface area contributed by atoms with Gasteiger partial charge >= 0.3 is 5.97 Å². The molecule has 1 fully saturated rings. The molecule has 1 aliphatic heterocycles. The Hall–Kier alpha value is -0.220. The highest BCUT2D eigenvalue weighted by Crippen LogP contribution is 2.17. The van der Waals surface area contributed by atoms with Gasteiger partial charge in [0.15, 0.2) is 0 Å². The van der Waals surface area contributed by atoms with E-state index in [9.17, 15) is 4.79 Å². The molecule has 0 radical (unpaired) electrons. The lowest BCUT2D eigenvalue weighted by atomic mass is 10.1. The highest BCUT2D eigenvalue weighted by Gasteiger charge is 2.29. The van der Waals surface area contributed by atoms with Gasteiger partial charge in [0.1, 0.15) is 6.61 Å². The summed E-state index contributed by atoms with van der Waals surface area (Å²) in [6, 6.07) is 0. The summed E-state index contributed by atoms with van der Waals surface area (Å²) < 4.78 is 9.48. The van der Waals surface area contributed by atoms with Gasteiger partial charge in [0.25, 0.3) is 0 Å². The van der Waals surface area contributed by atoms with Crippen LogP contribution in [0.5, 0.6) is 0 Å². The average molecular weight is 176 g/mol. The monoisotopic (exact) mass is 176 g/mol. The first-order valence-electron chi connectivity index (χ1n) is 3.58. The minimum atomic E-state index is -0.0464. The predicted octanol–water partition coefficient (Wildman–Crippen LogP) is 0.539. The number of esters is 1. The van der Waals surface area contributed by atoms with Crippen LogP contribution in [0.25, 0.3) is 0 Å². The van der Waals surface area contributed by atoms with Crippen LogP contribution in [0, 0.1) is 5.92 Å². The summed E-state index contributed by atoms with van der Waals surface area (Å²) in [7, 11) is 1.68. The van der Waals surface area contributed by atoms with Crippen molar-refractivity contribution in [3.63, 3.8) is 0 Å². The number of carbonyl (C=O) groups is 1. The second-order valence-electron chi connectivity index (χ2n) is 2.39. The van der Waals surface area contributed by atoms with E-state index in [1.807, 2.05) is 0 Å². The zero-order chi connectivity index (χ0) is 8.10. The van der Waals surface area contributed by atoms with Crippen molar-refractivity contribution in [1.82, 2.24) is 0 Å². The molecule has 64 valence electrons. The van der Waals surface area contributed by atoms with Crippen LogP contribution in [0.3, 0.4) is 0 Å². The molecule has 0 bridgehead atoms. The smallest absolute Gasteiger partial charge is 0.313 e. The van der Waals surface area contributed by atoms with Crippen LogP contribution in [0.15, 0.2) is 0 Å². The standard InChI is InChI=1S/C7H12O3S/c1-9-2-3-11-5-6-4-10-7(6)8/h6H,2-5H2,1H3. The summed E-state index contributed by atoms with van der Waals surface area (Å²) in [5.74, 6) is 1.94. The van der Waals surface area contributed by atoms with Crippen LogP contribution in [0.4, 0.5) is 0 Å². The summed E-state index contributed by atoms with van der Waals surface area (Å²) in [5.41, 5.74) is 0. The quantitative estimate of drug-likeness (QED) is 0.452. The molecule has 11 heavy (non-hydrogen) atoms. The summed E-state index contributed by atoms with van der Waals surface area (Å²) in [4.78, 5) is 10.6. The van der Waals surface area contributed by atoms with Crippen molar-refractivity contribution in [3.8, 4) is 0 Å². The zero-order valence-corrected chi connectivity index (χ0v) is 7.36. The van der Waals surface area contributed by atoms with E-state index < -0.39 is 0 Å². The Morgan fingerprint density at radius 1 is 1.82 bits per heavy atom. The Kier molecular flexibility index (Phi) is 3.72. The molecule has 0 amide bonds. The fraction of sp³-hybridized carbons (Fsp3) is 0.857. The first-order chi connectivity index (χ1) is 5.34. The van der Waals surface area contributed by atoms with Crippen molar-refractivity contribution in [1.29, 1.82) is 0 Å². The lowest BCUT2D eigenvalue weighted by Crippen LogP contribution is -2.36. The molecule has 0 saturated carbocycles. The van der Waals surface area contributed by atoms with Crippen LogP contribution >= 0.6 is 11.8 Å². The number of cyclic esters (lactones) is 1. The van der Waals surface area contributed by atoms with Gasteiger partial charge in [-0.3, -0.25) is 4.79 Å². The third kappa shape index (κ3) is 2.71. The van der Waals surface area contributed by atoms with Gasteiger partial charge in [-0.15, -0.1) is 0 Å². The molecule has 1 heterocycles. The number of hydrogen-bond donors (Lipinski definition) is 0. The van der Waals surface area contributed by atoms with E-state index >= 15 is 0 Å². The van der Waals surface area contributed by atoms with Crippen LogP contribution in [-0.4, -0.2) is 37.8 Å². The predicted molar refractivity (Wildman–Crippen MR) is 43.7 cm³/mol. The minimum absolute atomic E-state index is 0.0464. The van der Waals surface area contributed by atoms with E-state index in [1.54, 1.807) is 18.9 Å². The molecule has 1 atom stereocenters. The number of rotatable bonds is 5. The van der Waals surface area contributed by atoms with Crippen molar-refractivity contribution >= 4 is 17.7 Å². The van der Waals surface area contributed by atoms with Gasteiger partial charge in [-0.1, -0.05) is 0 Å². The Bertz CT molecular complexity index is 138. The summed E-state index contributed by atoms with van der Waals surface area (Å²) in [6.07, 6.45) is 0. The molecule has 0 aromatic heterocycles. The van der Waals surface area contributed by atoms with Gasteiger partial charge in [0.2, 0.25) is 0 Å².